The van der Waals surface area contributed by atoms with Crippen LogP contribution >= 0.6 is 22.6 Å². The molecule has 0 radical (unpaired) electrons. The molecule has 1 aliphatic carbocycles. The van der Waals surface area contributed by atoms with Gasteiger partial charge in [-0.25, -0.2) is 14.8 Å². The third-order valence-corrected chi connectivity index (χ3v) is 8.46. The summed E-state index contributed by atoms with van der Waals surface area (Å²) in [5.41, 5.74) is 2.54. The third kappa shape index (κ3) is 13.5. The highest BCUT2D eigenvalue weighted by Gasteiger charge is 2.32. The number of ether oxygens (including phenoxy) is 5. The zero-order valence-corrected chi connectivity index (χ0v) is 30.9. The first-order valence-corrected chi connectivity index (χ1v) is 17.8. The fraction of sp³-hybridized carbons (Fsp3) is 0.457. The number of aliphatic carboxylic acids is 1. The molecule has 0 saturated heterocycles. The highest BCUT2D eigenvalue weighted by atomic mass is 127. The molecule has 18 heteroatoms. The first kappa shape index (κ1) is 41.9. The molecular weight excluding hydrogens is 833 g/mol. The highest BCUT2D eigenvalue weighted by molar-refractivity contribution is 14.1. The summed E-state index contributed by atoms with van der Waals surface area (Å²) in [4.78, 5) is 19.9. The van der Waals surface area contributed by atoms with Crippen LogP contribution in [0.25, 0.3) is 22.9 Å². The Morgan fingerprint density at radius 3 is 1.74 bits per heavy atom. The summed E-state index contributed by atoms with van der Waals surface area (Å²) in [5.74, 6) is 0.278. The van der Waals surface area contributed by atoms with Crippen molar-refractivity contribution >= 4 is 28.6 Å². The largest absolute Gasteiger partial charge is 0.573 e. The summed E-state index contributed by atoms with van der Waals surface area (Å²) in [7, 11) is 0. The van der Waals surface area contributed by atoms with Gasteiger partial charge in [-0.15, -0.1) is 26.3 Å². The van der Waals surface area contributed by atoms with Crippen molar-refractivity contribution in [3.05, 3.63) is 71.4 Å². The summed E-state index contributed by atoms with van der Waals surface area (Å²) in [6, 6.07) is 10.7. The molecule has 0 amide bonds. The fourth-order valence-electron chi connectivity index (χ4n) is 5.18. The predicted octanol–water partition coefficient (Wildman–Crippen LogP) is 9.37. The summed E-state index contributed by atoms with van der Waals surface area (Å²) in [6.07, 6.45) is -7.44. The molecular formula is C35H37F6IN2O9. The number of rotatable bonds is 14. The van der Waals surface area contributed by atoms with E-state index >= 15 is 0 Å². The molecule has 11 nitrogen and oxygen atoms in total. The summed E-state index contributed by atoms with van der Waals surface area (Å²) in [6.45, 7) is 5.75. The van der Waals surface area contributed by atoms with Gasteiger partial charge in [-0.2, -0.15) is 0 Å². The Morgan fingerprint density at radius 2 is 1.30 bits per heavy atom. The van der Waals surface area contributed by atoms with Gasteiger partial charge >= 0.3 is 18.7 Å². The monoisotopic (exact) mass is 870 g/mol. The number of hydrogen-bond donors (Lipinski definition) is 1. The number of carboxylic acid groups (broad SMARTS) is 1. The zero-order chi connectivity index (χ0) is 38.8. The topological polar surface area (TPSA) is 136 Å². The Bertz CT molecular complexity index is 1740. The van der Waals surface area contributed by atoms with Crippen molar-refractivity contribution in [2.24, 2.45) is 0 Å². The number of hydrogen-bond acceptors (Lipinski definition) is 10. The smallest absolute Gasteiger partial charge is 0.479 e. The Morgan fingerprint density at radius 1 is 0.830 bits per heavy atom. The van der Waals surface area contributed by atoms with Gasteiger partial charge in [0, 0.05) is 22.2 Å². The molecule has 2 aromatic heterocycles. The number of carboxylic acids is 1. The van der Waals surface area contributed by atoms with Crippen molar-refractivity contribution in [3.63, 3.8) is 0 Å². The molecule has 1 saturated carbocycles. The van der Waals surface area contributed by atoms with E-state index < -0.39 is 24.8 Å². The maximum atomic E-state index is 12.3. The van der Waals surface area contributed by atoms with Crippen molar-refractivity contribution in [2.75, 3.05) is 13.2 Å². The molecule has 5 rings (SSSR count). The number of halogens is 7. The first-order chi connectivity index (χ1) is 25.0. The average Bonchev–Trinajstić information content (AvgIpc) is 3.66. The number of nitrogens with zero attached hydrogens (tertiary/aromatic N) is 2. The summed E-state index contributed by atoms with van der Waals surface area (Å²) in [5, 5.41) is 9.17. The molecule has 2 heterocycles. The van der Waals surface area contributed by atoms with E-state index in [2.05, 4.69) is 42.0 Å². The van der Waals surface area contributed by atoms with Crippen LogP contribution in [0.15, 0.2) is 57.4 Å². The summed E-state index contributed by atoms with van der Waals surface area (Å²) >= 11 is 2.16. The third-order valence-electron chi connectivity index (χ3n) is 7.74. The van der Waals surface area contributed by atoms with Crippen LogP contribution < -0.4 is 9.47 Å². The van der Waals surface area contributed by atoms with E-state index in [4.69, 9.17) is 28.2 Å². The average molecular weight is 871 g/mol. The van der Waals surface area contributed by atoms with Crippen LogP contribution in [0.2, 0.25) is 0 Å². The van der Waals surface area contributed by atoms with Crippen LogP contribution in [0, 0.1) is 13.8 Å². The molecule has 290 valence electrons. The Labute approximate surface area is 314 Å². The van der Waals surface area contributed by atoms with Crippen molar-refractivity contribution < 1.29 is 68.8 Å². The first-order valence-electron chi connectivity index (χ1n) is 16.3. The molecule has 1 aliphatic rings. The second-order valence-corrected chi connectivity index (χ2v) is 12.4. The van der Waals surface area contributed by atoms with Gasteiger partial charge in [-0.1, -0.05) is 22.6 Å². The molecule has 1 N–H and O–H groups in total. The lowest BCUT2D eigenvalue weighted by atomic mass is 9.95. The molecule has 4 aromatic rings. The zero-order valence-electron chi connectivity index (χ0n) is 28.8. The molecule has 1 unspecified atom stereocenters. The second kappa shape index (κ2) is 18.9. The van der Waals surface area contributed by atoms with Crippen molar-refractivity contribution in [1.29, 1.82) is 0 Å². The van der Waals surface area contributed by atoms with E-state index in [-0.39, 0.29) is 42.8 Å². The maximum Gasteiger partial charge on any atom is 0.573 e. The van der Waals surface area contributed by atoms with Gasteiger partial charge in [0.2, 0.25) is 11.8 Å². The van der Waals surface area contributed by atoms with E-state index in [1.165, 1.54) is 48.5 Å². The lowest BCUT2D eigenvalue weighted by Gasteiger charge is -2.29. The summed E-state index contributed by atoms with van der Waals surface area (Å²) < 4.78 is 109. The Balaban J connectivity index is 0.000000278. The number of oxazole rings is 2. The van der Waals surface area contributed by atoms with E-state index in [0.717, 1.165) is 25.0 Å². The SMILES string of the molecule is CCOC(CO[C@@H]1CCC[C@H](OCc2nc(-c3ccc(OC(F)(F)F)cc3)oc2C)C1)C(=O)O.Cc1oc(-c2ccc(OC(F)(F)F)cc2)nc1CI. The second-order valence-electron chi connectivity index (χ2n) is 11.7. The predicted molar refractivity (Wildman–Crippen MR) is 184 cm³/mol. The minimum absolute atomic E-state index is 0.0148. The number of aryl methyl sites for hydroxylation is 2. The molecule has 2 aromatic carbocycles. The number of aromatic nitrogens is 2. The lowest BCUT2D eigenvalue weighted by molar-refractivity contribution is -0.275. The molecule has 53 heavy (non-hydrogen) atoms. The number of carbonyl (C=O) groups is 1. The standard InChI is InChI=1S/C23H28F3NO7.C12H9F3INO2/c1-3-30-20(22(28)29)13-32-18-6-4-5-17(11-18)31-12-19-14(2)33-21(27-19)15-7-9-16(10-8-15)34-23(24,25)26;1-7-10(6-16)17-11(18-7)8-2-4-9(5-3-8)19-12(13,14)15/h7-10,17-18,20H,3-6,11-13H2,1-2H3,(H,28,29);2-5H,6H2,1H3/t17-,18+,20?;/m0./s1. The molecule has 3 atom stereocenters. The van der Waals surface area contributed by atoms with Gasteiger partial charge in [-0.3, -0.25) is 0 Å². The van der Waals surface area contributed by atoms with Crippen LogP contribution in [0.3, 0.4) is 0 Å². The van der Waals surface area contributed by atoms with Crippen molar-refractivity contribution in [3.8, 4) is 34.4 Å². The van der Waals surface area contributed by atoms with Crippen LogP contribution in [0.1, 0.15) is 55.5 Å². The highest BCUT2D eigenvalue weighted by Crippen LogP contribution is 2.30. The van der Waals surface area contributed by atoms with Crippen LogP contribution in [0.5, 0.6) is 11.5 Å². The molecule has 0 aliphatic heterocycles. The van der Waals surface area contributed by atoms with Crippen LogP contribution in [-0.4, -0.2) is 65.3 Å². The van der Waals surface area contributed by atoms with Gasteiger partial charge in [0.05, 0.1) is 31.1 Å². The van der Waals surface area contributed by atoms with E-state index in [9.17, 15) is 31.1 Å². The van der Waals surface area contributed by atoms with Gasteiger partial charge < -0.3 is 37.6 Å². The normalized spacial score (nSPS) is 16.8. The number of alkyl halides is 7. The van der Waals surface area contributed by atoms with E-state index in [0.29, 0.717) is 51.7 Å². The fourth-order valence-corrected chi connectivity index (χ4v) is 5.88. The minimum atomic E-state index is -4.75. The number of benzene rings is 2. The molecule has 0 spiro atoms. The lowest BCUT2D eigenvalue weighted by Crippen LogP contribution is -2.34. The molecule has 0 bridgehead atoms. The van der Waals surface area contributed by atoms with Crippen molar-refractivity contribution in [1.82, 2.24) is 9.97 Å². The van der Waals surface area contributed by atoms with E-state index in [1.807, 2.05) is 0 Å². The minimum Gasteiger partial charge on any atom is -0.479 e. The Kier molecular flexibility index (Phi) is 15.0. The Hall–Kier alpha value is -3.88. The van der Waals surface area contributed by atoms with Crippen LogP contribution in [-0.2, 0) is 30.0 Å². The van der Waals surface area contributed by atoms with Gasteiger partial charge in [0.1, 0.15) is 28.7 Å². The van der Waals surface area contributed by atoms with E-state index in [1.54, 1.807) is 20.8 Å². The quantitative estimate of drug-likeness (QED) is 0.0738. The van der Waals surface area contributed by atoms with Crippen LogP contribution in [0.4, 0.5) is 26.3 Å². The maximum absolute atomic E-state index is 12.3. The van der Waals surface area contributed by atoms with Gasteiger partial charge in [0.25, 0.3) is 0 Å². The van der Waals surface area contributed by atoms with Crippen molar-refractivity contribution in [2.45, 2.75) is 88.5 Å². The van der Waals surface area contributed by atoms with Gasteiger partial charge in [0.15, 0.2) is 6.10 Å². The van der Waals surface area contributed by atoms with Gasteiger partial charge in [-0.05, 0) is 95.0 Å². The molecule has 1 fully saturated rings.